The lowest BCUT2D eigenvalue weighted by atomic mass is 9.70. The Hall–Kier alpha value is -3.03. The van der Waals surface area contributed by atoms with Crippen LogP contribution in [0.4, 0.5) is 13.2 Å². The van der Waals surface area contributed by atoms with Gasteiger partial charge in [0.2, 0.25) is 0 Å². The lowest BCUT2D eigenvalue weighted by Gasteiger charge is -2.40. The van der Waals surface area contributed by atoms with Gasteiger partial charge in [-0.1, -0.05) is 20.8 Å². The molecule has 5 nitrogen and oxygen atoms in total. The summed E-state index contributed by atoms with van der Waals surface area (Å²) in [5, 5.41) is 9.37. The van der Waals surface area contributed by atoms with E-state index in [2.05, 4.69) is 30.1 Å². The van der Waals surface area contributed by atoms with Crippen molar-refractivity contribution in [2.24, 2.45) is 11.3 Å². The second-order valence-electron chi connectivity index (χ2n) is 9.45. The van der Waals surface area contributed by atoms with Crippen molar-refractivity contribution >= 4 is 17.0 Å². The van der Waals surface area contributed by atoms with Gasteiger partial charge in [-0.3, -0.25) is 0 Å². The summed E-state index contributed by atoms with van der Waals surface area (Å²) in [5.41, 5.74) is 2.27. The van der Waals surface area contributed by atoms with Crippen LogP contribution in [0.25, 0.3) is 22.4 Å². The van der Waals surface area contributed by atoms with Gasteiger partial charge < -0.3 is 14.4 Å². The summed E-state index contributed by atoms with van der Waals surface area (Å²) in [6.07, 6.45) is -1.78. The zero-order valence-corrected chi connectivity index (χ0v) is 18.1. The SMILES string of the molecule is CC1C[C@@H](n2c(-c3ccc(OC(F)(F)F)cc3)nc3cc(C(=O)O)ccc32)CC(C)(C)C1. The van der Waals surface area contributed by atoms with Crippen LogP contribution in [0.2, 0.25) is 0 Å². The molecule has 170 valence electrons. The number of aromatic carboxylic acids is 1. The number of ether oxygens (including phenoxy) is 1. The van der Waals surface area contributed by atoms with E-state index in [4.69, 9.17) is 4.98 Å². The van der Waals surface area contributed by atoms with E-state index in [1.165, 1.54) is 18.2 Å². The lowest BCUT2D eigenvalue weighted by Crippen LogP contribution is -2.29. The standard InChI is InChI=1S/C24H25F3N2O3/c1-14-10-17(13-23(2,3)12-14)29-20-9-6-16(22(30)31)11-19(20)28-21(29)15-4-7-18(8-5-15)32-24(25,26)27/h4-9,11,14,17H,10,12-13H2,1-3H3,(H,30,31)/t14?,17-/m1/s1. The van der Waals surface area contributed by atoms with Gasteiger partial charge in [0.1, 0.15) is 11.6 Å². The van der Waals surface area contributed by atoms with Crippen LogP contribution in [-0.4, -0.2) is 27.0 Å². The van der Waals surface area contributed by atoms with Crippen LogP contribution in [0.5, 0.6) is 5.75 Å². The molecule has 0 aliphatic heterocycles. The molecule has 0 amide bonds. The topological polar surface area (TPSA) is 64.4 Å². The second kappa shape index (κ2) is 7.83. The maximum Gasteiger partial charge on any atom is 0.573 e. The zero-order chi connectivity index (χ0) is 23.3. The quantitative estimate of drug-likeness (QED) is 0.485. The van der Waals surface area contributed by atoms with Crippen LogP contribution < -0.4 is 4.74 Å². The zero-order valence-electron chi connectivity index (χ0n) is 18.1. The Bertz CT molecular complexity index is 1150. The first kappa shape index (κ1) is 22.2. The van der Waals surface area contributed by atoms with Gasteiger partial charge in [0.15, 0.2) is 0 Å². The number of hydrogen-bond donors (Lipinski definition) is 1. The number of fused-ring (bicyclic) bond motifs is 1. The highest BCUT2D eigenvalue weighted by atomic mass is 19.4. The summed E-state index contributed by atoms with van der Waals surface area (Å²) in [6, 6.07) is 10.6. The third-order valence-electron chi connectivity index (χ3n) is 6.01. The minimum Gasteiger partial charge on any atom is -0.478 e. The van der Waals surface area contributed by atoms with Crippen molar-refractivity contribution in [3.05, 3.63) is 48.0 Å². The van der Waals surface area contributed by atoms with Gasteiger partial charge >= 0.3 is 12.3 Å². The number of carbonyl (C=O) groups is 1. The summed E-state index contributed by atoms with van der Waals surface area (Å²) in [7, 11) is 0. The molecule has 0 radical (unpaired) electrons. The van der Waals surface area contributed by atoms with Crippen LogP contribution in [-0.2, 0) is 0 Å². The van der Waals surface area contributed by atoms with Crippen LogP contribution in [0.3, 0.4) is 0 Å². The van der Waals surface area contributed by atoms with Crippen molar-refractivity contribution in [2.75, 3.05) is 0 Å². The summed E-state index contributed by atoms with van der Waals surface area (Å²) >= 11 is 0. The highest BCUT2D eigenvalue weighted by Gasteiger charge is 2.35. The maximum absolute atomic E-state index is 12.5. The van der Waals surface area contributed by atoms with Crippen molar-refractivity contribution in [3.8, 4) is 17.1 Å². The van der Waals surface area contributed by atoms with E-state index in [1.54, 1.807) is 24.3 Å². The predicted octanol–water partition coefficient (Wildman–Crippen LogP) is 6.69. The Labute approximate surface area is 183 Å². The number of benzene rings is 2. The molecule has 0 spiro atoms. The highest BCUT2D eigenvalue weighted by molar-refractivity contribution is 5.93. The fourth-order valence-electron chi connectivity index (χ4n) is 5.10. The van der Waals surface area contributed by atoms with E-state index in [0.29, 0.717) is 22.8 Å². The minimum atomic E-state index is -4.76. The molecule has 2 aromatic carbocycles. The molecular weight excluding hydrogens is 421 g/mol. The fraction of sp³-hybridized carbons (Fsp3) is 0.417. The van der Waals surface area contributed by atoms with Crippen molar-refractivity contribution in [2.45, 2.75) is 52.4 Å². The molecule has 1 aliphatic carbocycles. The average Bonchev–Trinajstić information content (AvgIpc) is 3.04. The average molecular weight is 446 g/mol. The molecule has 1 unspecified atom stereocenters. The van der Waals surface area contributed by atoms with Crippen molar-refractivity contribution in [1.29, 1.82) is 0 Å². The molecule has 1 aliphatic rings. The molecule has 1 heterocycles. The van der Waals surface area contributed by atoms with E-state index >= 15 is 0 Å². The number of alkyl halides is 3. The molecule has 1 aromatic heterocycles. The molecule has 1 saturated carbocycles. The molecule has 0 saturated heterocycles. The van der Waals surface area contributed by atoms with Gasteiger partial charge in [-0.15, -0.1) is 13.2 Å². The normalized spacial score (nSPS) is 20.9. The summed E-state index contributed by atoms with van der Waals surface area (Å²) in [5.74, 6) is -0.237. The van der Waals surface area contributed by atoms with E-state index < -0.39 is 12.3 Å². The number of hydrogen-bond acceptors (Lipinski definition) is 3. The number of halogens is 3. The van der Waals surface area contributed by atoms with E-state index in [9.17, 15) is 23.1 Å². The van der Waals surface area contributed by atoms with Crippen molar-refractivity contribution in [3.63, 3.8) is 0 Å². The Morgan fingerprint density at radius 3 is 2.44 bits per heavy atom. The van der Waals surface area contributed by atoms with Crippen LogP contribution >= 0.6 is 0 Å². The third-order valence-corrected chi connectivity index (χ3v) is 6.01. The third kappa shape index (κ3) is 4.59. The Morgan fingerprint density at radius 2 is 1.84 bits per heavy atom. The van der Waals surface area contributed by atoms with Crippen molar-refractivity contribution in [1.82, 2.24) is 9.55 Å². The lowest BCUT2D eigenvalue weighted by molar-refractivity contribution is -0.274. The van der Waals surface area contributed by atoms with Gasteiger partial charge in [-0.2, -0.15) is 0 Å². The molecular formula is C24H25F3N2O3. The second-order valence-corrected chi connectivity index (χ2v) is 9.45. The van der Waals surface area contributed by atoms with Crippen LogP contribution in [0.1, 0.15) is 56.4 Å². The fourth-order valence-corrected chi connectivity index (χ4v) is 5.10. The highest BCUT2D eigenvalue weighted by Crippen LogP contribution is 2.46. The van der Waals surface area contributed by atoms with Gasteiger partial charge in [0.25, 0.3) is 0 Å². The Kier molecular flexibility index (Phi) is 5.43. The molecule has 0 bridgehead atoms. The van der Waals surface area contributed by atoms with Gasteiger partial charge in [-0.05, 0) is 73.1 Å². The number of carboxylic acids is 1. The number of carboxylic acid groups (broad SMARTS) is 1. The summed E-state index contributed by atoms with van der Waals surface area (Å²) < 4.78 is 43.7. The first-order valence-electron chi connectivity index (χ1n) is 10.5. The minimum absolute atomic E-state index is 0.127. The molecule has 1 N–H and O–H groups in total. The molecule has 3 aromatic rings. The maximum atomic E-state index is 12.5. The first-order chi connectivity index (χ1) is 14.9. The number of nitrogens with zero attached hydrogens (tertiary/aromatic N) is 2. The predicted molar refractivity (Wildman–Crippen MR) is 115 cm³/mol. The van der Waals surface area contributed by atoms with E-state index in [-0.39, 0.29) is 22.8 Å². The molecule has 8 heteroatoms. The number of rotatable bonds is 4. The Morgan fingerprint density at radius 1 is 1.16 bits per heavy atom. The molecule has 1 fully saturated rings. The van der Waals surface area contributed by atoms with Gasteiger partial charge in [0.05, 0.1) is 16.6 Å². The summed E-state index contributed by atoms with van der Waals surface area (Å²) in [4.78, 5) is 16.2. The monoisotopic (exact) mass is 446 g/mol. The van der Waals surface area contributed by atoms with Crippen LogP contribution in [0, 0.1) is 11.3 Å². The number of imidazole rings is 1. The molecule has 32 heavy (non-hydrogen) atoms. The first-order valence-corrected chi connectivity index (χ1v) is 10.5. The summed E-state index contributed by atoms with van der Waals surface area (Å²) in [6.45, 7) is 6.69. The van der Waals surface area contributed by atoms with Gasteiger partial charge in [0, 0.05) is 11.6 Å². The Balaban J connectivity index is 1.83. The van der Waals surface area contributed by atoms with E-state index in [1.807, 2.05) is 0 Å². The van der Waals surface area contributed by atoms with Gasteiger partial charge in [-0.25, -0.2) is 9.78 Å². The number of aromatic nitrogens is 2. The van der Waals surface area contributed by atoms with Crippen molar-refractivity contribution < 1.29 is 27.8 Å². The largest absolute Gasteiger partial charge is 0.573 e. The molecule has 4 rings (SSSR count). The van der Waals surface area contributed by atoms with Crippen LogP contribution in [0.15, 0.2) is 42.5 Å². The van der Waals surface area contributed by atoms with E-state index in [0.717, 1.165) is 24.8 Å². The molecule has 2 atom stereocenters. The smallest absolute Gasteiger partial charge is 0.478 e.